The van der Waals surface area contributed by atoms with Gasteiger partial charge in [0.2, 0.25) is 0 Å². The largest absolute Gasteiger partial charge is 0.456 e. The van der Waals surface area contributed by atoms with E-state index >= 15 is 0 Å². The van der Waals surface area contributed by atoms with E-state index in [1.54, 1.807) is 13.0 Å². The normalized spacial score (nSPS) is 12.2. The summed E-state index contributed by atoms with van der Waals surface area (Å²) in [5, 5.41) is 0. The fourth-order valence-corrected chi connectivity index (χ4v) is 3.39. The van der Waals surface area contributed by atoms with Gasteiger partial charge in [-0.05, 0) is 43.2 Å². The predicted molar refractivity (Wildman–Crippen MR) is 82.1 cm³/mol. The summed E-state index contributed by atoms with van der Waals surface area (Å²) in [6.07, 6.45) is 0. The van der Waals surface area contributed by atoms with Gasteiger partial charge in [0, 0.05) is 6.07 Å². The van der Waals surface area contributed by atoms with Crippen molar-refractivity contribution in [3.05, 3.63) is 47.5 Å². The summed E-state index contributed by atoms with van der Waals surface area (Å²) >= 11 is 0. The number of hydrogen-bond donors (Lipinski definition) is 2. The maximum absolute atomic E-state index is 11.4. The molecule has 0 aliphatic heterocycles. The van der Waals surface area contributed by atoms with Gasteiger partial charge in [0.25, 0.3) is 20.2 Å². The van der Waals surface area contributed by atoms with Crippen LogP contribution in [0.3, 0.4) is 0 Å². The molecule has 2 aromatic rings. The minimum absolute atomic E-state index is 0.00280. The Morgan fingerprint density at radius 3 is 2.00 bits per heavy atom. The Kier molecular flexibility index (Phi) is 4.49. The zero-order chi connectivity index (χ0) is 17.4. The standard InChI is InChI=1S/C14H14O7S2/c1-9-3-6-12(14(7-9)23(18,19)20)21-11-5-4-10(2)13(8-11)22(15,16)17/h3-8H,1-2H3,(H,15,16,17)(H,18,19,20). The molecule has 2 aromatic carbocycles. The van der Waals surface area contributed by atoms with Crippen LogP contribution in [0.5, 0.6) is 11.5 Å². The van der Waals surface area contributed by atoms with E-state index < -0.39 is 25.1 Å². The Bertz CT molecular complexity index is 961. The van der Waals surface area contributed by atoms with Crippen LogP contribution in [0, 0.1) is 13.8 Å². The predicted octanol–water partition coefficient (Wildman–Crippen LogP) is 2.59. The van der Waals surface area contributed by atoms with Crippen molar-refractivity contribution in [2.45, 2.75) is 23.6 Å². The van der Waals surface area contributed by atoms with Crippen molar-refractivity contribution in [3.63, 3.8) is 0 Å². The molecule has 0 radical (unpaired) electrons. The van der Waals surface area contributed by atoms with Gasteiger partial charge in [-0.15, -0.1) is 0 Å². The maximum atomic E-state index is 11.4. The van der Waals surface area contributed by atoms with Gasteiger partial charge in [-0.3, -0.25) is 9.11 Å². The lowest BCUT2D eigenvalue weighted by Crippen LogP contribution is -2.03. The molecule has 9 heteroatoms. The summed E-state index contributed by atoms with van der Waals surface area (Å²) in [5.41, 5.74) is 0.895. The Labute approximate surface area is 134 Å². The smallest absolute Gasteiger partial charge is 0.298 e. The summed E-state index contributed by atoms with van der Waals surface area (Å²) < 4.78 is 69.2. The molecular formula is C14H14O7S2. The highest BCUT2D eigenvalue weighted by molar-refractivity contribution is 7.86. The van der Waals surface area contributed by atoms with E-state index in [9.17, 15) is 21.4 Å². The Hall–Kier alpha value is -1.94. The summed E-state index contributed by atoms with van der Waals surface area (Å²) in [6.45, 7) is 3.13. The van der Waals surface area contributed by atoms with Gasteiger partial charge in [-0.2, -0.15) is 16.8 Å². The molecule has 0 amide bonds. The first-order valence-corrected chi connectivity index (χ1v) is 9.20. The number of aryl methyl sites for hydroxylation is 2. The van der Waals surface area contributed by atoms with E-state index in [-0.39, 0.29) is 16.4 Å². The molecule has 7 nitrogen and oxygen atoms in total. The first kappa shape index (κ1) is 17.4. The first-order chi connectivity index (χ1) is 10.5. The molecule has 0 aliphatic carbocycles. The number of rotatable bonds is 4. The second-order valence-corrected chi connectivity index (χ2v) is 7.71. The van der Waals surface area contributed by atoms with Crippen molar-refractivity contribution in [2.75, 3.05) is 0 Å². The average molecular weight is 358 g/mol. The van der Waals surface area contributed by atoms with Gasteiger partial charge >= 0.3 is 0 Å². The fraction of sp³-hybridized carbons (Fsp3) is 0.143. The quantitative estimate of drug-likeness (QED) is 0.806. The highest BCUT2D eigenvalue weighted by Gasteiger charge is 2.19. The van der Waals surface area contributed by atoms with E-state index in [0.29, 0.717) is 11.1 Å². The molecule has 0 aliphatic rings. The van der Waals surface area contributed by atoms with Crippen molar-refractivity contribution < 1.29 is 30.7 Å². The SMILES string of the molecule is Cc1ccc(Oc2ccc(C)c(S(=O)(=O)O)c2)c(S(=O)(=O)O)c1. The van der Waals surface area contributed by atoms with E-state index in [0.717, 1.165) is 6.07 Å². The minimum atomic E-state index is -4.52. The molecular weight excluding hydrogens is 344 g/mol. The van der Waals surface area contributed by atoms with Gasteiger partial charge < -0.3 is 4.74 Å². The molecule has 0 atom stereocenters. The highest BCUT2D eigenvalue weighted by Crippen LogP contribution is 2.31. The van der Waals surface area contributed by atoms with Crippen LogP contribution in [0.4, 0.5) is 0 Å². The zero-order valence-electron chi connectivity index (χ0n) is 12.2. The lowest BCUT2D eigenvalue weighted by atomic mass is 10.2. The van der Waals surface area contributed by atoms with Gasteiger partial charge in [0.1, 0.15) is 21.3 Å². The van der Waals surface area contributed by atoms with Crippen LogP contribution < -0.4 is 4.74 Å². The van der Waals surface area contributed by atoms with Crippen molar-refractivity contribution in [1.29, 1.82) is 0 Å². The van der Waals surface area contributed by atoms with E-state index in [1.807, 2.05) is 0 Å². The molecule has 124 valence electrons. The molecule has 0 heterocycles. The summed E-state index contributed by atoms with van der Waals surface area (Å²) in [5.74, 6) is -0.166. The number of benzene rings is 2. The molecule has 2 N–H and O–H groups in total. The monoisotopic (exact) mass is 358 g/mol. The Morgan fingerprint density at radius 1 is 0.826 bits per heavy atom. The van der Waals surface area contributed by atoms with Crippen molar-refractivity contribution >= 4 is 20.2 Å². The molecule has 0 spiro atoms. The minimum Gasteiger partial charge on any atom is -0.456 e. The molecule has 2 rings (SSSR count). The van der Waals surface area contributed by atoms with E-state index in [4.69, 9.17) is 9.29 Å². The van der Waals surface area contributed by atoms with Crippen molar-refractivity contribution in [2.24, 2.45) is 0 Å². The third-order valence-electron chi connectivity index (χ3n) is 3.04. The van der Waals surface area contributed by atoms with Crippen LogP contribution >= 0.6 is 0 Å². The topological polar surface area (TPSA) is 118 Å². The van der Waals surface area contributed by atoms with Crippen LogP contribution in [-0.2, 0) is 20.2 Å². The summed E-state index contributed by atoms with van der Waals surface area (Å²) in [4.78, 5) is -0.790. The molecule has 0 bridgehead atoms. The first-order valence-electron chi connectivity index (χ1n) is 6.32. The number of hydrogen-bond acceptors (Lipinski definition) is 5. The van der Waals surface area contributed by atoms with Crippen LogP contribution in [0.25, 0.3) is 0 Å². The lowest BCUT2D eigenvalue weighted by Gasteiger charge is -2.11. The summed E-state index contributed by atoms with van der Waals surface area (Å²) in [6, 6.07) is 8.02. The highest BCUT2D eigenvalue weighted by atomic mass is 32.2. The molecule has 0 saturated carbocycles. The van der Waals surface area contributed by atoms with Crippen molar-refractivity contribution in [1.82, 2.24) is 0 Å². The molecule has 0 saturated heterocycles. The van der Waals surface area contributed by atoms with Gasteiger partial charge in [-0.1, -0.05) is 12.1 Å². The van der Waals surface area contributed by atoms with Crippen LogP contribution in [-0.4, -0.2) is 25.9 Å². The maximum Gasteiger partial charge on any atom is 0.298 e. The van der Waals surface area contributed by atoms with Crippen molar-refractivity contribution in [3.8, 4) is 11.5 Å². The Morgan fingerprint density at radius 2 is 1.43 bits per heavy atom. The van der Waals surface area contributed by atoms with E-state index in [2.05, 4.69) is 0 Å². The lowest BCUT2D eigenvalue weighted by molar-refractivity contribution is 0.446. The third kappa shape index (κ3) is 4.08. The third-order valence-corrected chi connectivity index (χ3v) is 4.91. The average Bonchev–Trinajstić information content (AvgIpc) is 2.40. The fourth-order valence-electron chi connectivity index (χ4n) is 1.95. The van der Waals surface area contributed by atoms with Crippen LogP contribution in [0.1, 0.15) is 11.1 Å². The molecule has 0 unspecified atom stereocenters. The van der Waals surface area contributed by atoms with E-state index in [1.165, 1.54) is 31.2 Å². The van der Waals surface area contributed by atoms with Gasteiger partial charge in [-0.25, -0.2) is 0 Å². The molecule has 23 heavy (non-hydrogen) atoms. The zero-order valence-corrected chi connectivity index (χ0v) is 13.8. The Balaban J connectivity index is 2.53. The number of ether oxygens (including phenoxy) is 1. The second-order valence-electron chi connectivity index (χ2n) is 4.93. The summed E-state index contributed by atoms with van der Waals surface area (Å²) in [7, 11) is -8.96. The van der Waals surface area contributed by atoms with Gasteiger partial charge in [0.05, 0.1) is 0 Å². The van der Waals surface area contributed by atoms with Gasteiger partial charge in [0.15, 0.2) is 0 Å². The van der Waals surface area contributed by atoms with Crippen LogP contribution in [0.2, 0.25) is 0 Å². The molecule has 0 aromatic heterocycles. The molecule has 0 fully saturated rings. The van der Waals surface area contributed by atoms with Crippen LogP contribution in [0.15, 0.2) is 46.2 Å². The second kappa shape index (κ2) is 5.93.